The number of carbonyl (C=O) groups is 1. The Labute approximate surface area is 116 Å². The molecule has 2 rings (SSSR count). The van der Waals surface area contributed by atoms with E-state index in [0.29, 0.717) is 5.92 Å². The first-order valence-corrected chi connectivity index (χ1v) is 7.07. The Morgan fingerprint density at radius 1 is 1.32 bits per heavy atom. The molecule has 0 aliphatic heterocycles. The third-order valence-corrected chi connectivity index (χ3v) is 4.24. The molecule has 0 saturated carbocycles. The fraction of sp³-hybridized carbons (Fsp3) is 0.333. The zero-order valence-electron chi connectivity index (χ0n) is 11.3. The minimum absolute atomic E-state index is 0.0492. The molecule has 0 saturated heterocycles. The molecule has 0 fully saturated rings. The van der Waals surface area contributed by atoms with Gasteiger partial charge in [-0.15, -0.1) is 11.3 Å². The Morgan fingerprint density at radius 3 is 2.47 bits per heavy atom. The third kappa shape index (κ3) is 3.20. The Bertz CT molecular complexity index is 585. The quantitative estimate of drug-likeness (QED) is 0.921. The summed E-state index contributed by atoms with van der Waals surface area (Å²) in [5.74, 6) is -0.303. The number of aromatic nitrogens is 1. The van der Waals surface area contributed by atoms with Crippen molar-refractivity contribution in [1.29, 1.82) is 0 Å². The van der Waals surface area contributed by atoms with Gasteiger partial charge >= 0.3 is 5.97 Å². The molecule has 1 aromatic heterocycles. The van der Waals surface area contributed by atoms with Crippen molar-refractivity contribution >= 4 is 17.3 Å². The van der Waals surface area contributed by atoms with Crippen LogP contribution in [0.15, 0.2) is 24.3 Å². The molecule has 0 unspecified atom stereocenters. The first kappa shape index (κ1) is 13.7. The second kappa shape index (κ2) is 5.53. The van der Waals surface area contributed by atoms with Crippen LogP contribution in [0.4, 0.5) is 0 Å². The van der Waals surface area contributed by atoms with Gasteiger partial charge in [0.1, 0.15) is 5.01 Å². The summed E-state index contributed by atoms with van der Waals surface area (Å²) in [5, 5.41) is 9.74. The summed E-state index contributed by atoms with van der Waals surface area (Å²) < 4.78 is 0. The lowest BCUT2D eigenvalue weighted by molar-refractivity contribution is -0.136. The number of rotatable bonds is 4. The van der Waals surface area contributed by atoms with Crippen LogP contribution in [0.3, 0.4) is 0 Å². The van der Waals surface area contributed by atoms with Crippen LogP contribution in [0.2, 0.25) is 0 Å². The number of carboxylic acid groups (broad SMARTS) is 1. The van der Waals surface area contributed by atoms with E-state index in [2.05, 4.69) is 43.1 Å². The lowest BCUT2D eigenvalue weighted by atomic mass is 10.0. The number of thiazole rings is 1. The monoisotopic (exact) mass is 275 g/mol. The van der Waals surface area contributed by atoms with Crippen molar-refractivity contribution in [3.8, 4) is 10.6 Å². The van der Waals surface area contributed by atoms with Crippen molar-refractivity contribution in [2.45, 2.75) is 33.1 Å². The van der Waals surface area contributed by atoms with Gasteiger partial charge in [-0.3, -0.25) is 4.79 Å². The maximum absolute atomic E-state index is 10.8. The van der Waals surface area contributed by atoms with Gasteiger partial charge in [0.05, 0.1) is 12.1 Å². The first-order valence-electron chi connectivity index (χ1n) is 6.26. The van der Waals surface area contributed by atoms with E-state index < -0.39 is 5.97 Å². The molecule has 1 heterocycles. The normalized spacial score (nSPS) is 10.9. The van der Waals surface area contributed by atoms with Crippen LogP contribution in [-0.2, 0) is 11.2 Å². The molecule has 0 bridgehead atoms. The number of hydrogen-bond donors (Lipinski definition) is 1. The van der Waals surface area contributed by atoms with Gasteiger partial charge < -0.3 is 5.11 Å². The average molecular weight is 275 g/mol. The zero-order chi connectivity index (χ0) is 14.0. The fourth-order valence-corrected chi connectivity index (χ4v) is 2.92. The molecule has 0 atom stereocenters. The summed E-state index contributed by atoms with van der Waals surface area (Å²) in [6, 6.07) is 8.32. The number of aryl methyl sites for hydroxylation is 1. The molecule has 0 spiro atoms. The number of benzene rings is 1. The van der Waals surface area contributed by atoms with E-state index in [1.807, 2.05) is 6.92 Å². The van der Waals surface area contributed by atoms with E-state index in [1.165, 1.54) is 16.9 Å². The van der Waals surface area contributed by atoms with Gasteiger partial charge in [-0.05, 0) is 18.4 Å². The summed E-state index contributed by atoms with van der Waals surface area (Å²) in [5.41, 5.74) is 3.16. The lowest BCUT2D eigenvalue weighted by Gasteiger charge is -2.05. The van der Waals surface area contributed by atoms with Crippen molar-refractivity contribution in [2.75, 3.05) is 0 Å². The predicted molar refractivity (Wildman–Crippen MR) is 77.7 cm³/mol. The summed E-state index contributed by atoms with van der Waals surface area (Å²) in [6.45, 7) is 6.18. The van der Waals surface area contributed by atoms with Gasteiger partial charge in [-0.25, -0.2) is 4.98 Å². The number of aliphatic carboxylic acids is 1. The van der Waals surface area contributed by atoms with Gasteiger partial charge in [-0.1, -0.05) is 38.1 Å². The Morgan fingerprint density at radius 2 is 1.95 bits per heavy atom. The van der Waals surface area contributed by atoms with E-state index >= 15 is 0 Å². The van der Waals surface area contributed by atoms with Gasteiger partial charge in [-0.2, -0.15) is 0 Å². The molecule has 0 radical (unpaired) electrons. The molecule has 4 heteroatoms. The molecule has 1 aromatic carbocycles. The third-order valence-electron chi connectivity index (χ3n) is 3.03. The Hall–Kier alpha value is -1.68. The molecular weight excluding hydrogens is 258 g/mol. The van der Waals surface area contributed by atoms with Crippen molar-refractivity contribution in [3.05, 3.63) is 40.4 Å². The maximum Gasteiger partial charge on any atom is 0.308 e. The van der Waals surface area contributed by atoms with Gasteiger partial charge in [0.2, 0.25) is 0 Å². The number of carboxylic acids is 1. The molecule has 1 N–H and O–H groups in total. The fourth-order valence-electron chi connectivity index (χ4n) is 1.86. The van der Waals surface area contributed by atoms with E-state index in [-0.39, 0.29) is 6.42 Å². The van der Waals surface area contributed by atoms with Crippen molar-refractivity contribution in [1.82, 2.24) is 4.98 Å². The van der Waals surface area contributed by atoms with Gasteiger partial charge in [0.15, 0.2) is 0 Å². The van der Waals surface area contributed by atoms with Gasteiger partial charge in [0.25, 0.3) is 0 Å². The lowest BCUT2D eigenvalue weighted by Crippen LogP contribution is -1.99. The van der Waals surface area contributed by atoms with Crippen LogP contribution >= 0.6 is 11.3 Å². The van der Waals surface area contributed by atoms with Crippen LogP contribution in [0.25, 0.3) is 10.6 Å². The van der Waals surface area contributed by atoms with E-state index in [0.717, 1.165) is 21.1 Å². The van der Waals surface area contributed by atoms with Crippen molar-refractivity contribution < 1.29 is 9.90 Å². The van der Waals surface area contributed by atoms with E-state index in [1.54, 1.807) is 0 Å². The smallest absolute Gasteiger partial charge is 0.308 e. The van der Waals surface area contributed by atoms with Gasteiger partial charge in [0, 0.05) is 10.4 Å². The molecule has 0 aliphatic carbocycles. The standard InChI is InChI=1S/C15H17NO2S/c1-9(2)11-4-6-12(7-5-11)15-16-10(3)13(19-15)8-14(17)18/h4-7,9H,8H2,1-3H3,(H,17,18). The average Bonchev–Trinajstić information content (AvgIpc) is 2.70. The Balaban J connectivity index is 2.29. The Kier molecular flexibility index (Phi) is 4.00. The summed E-state index contributed by atoms with van der Waals surface area (Å²) in [4.78, 5) is 16.1. The second-order valence-electron chi connectivity index (χ2n) is 4.87. The first-order chi connectivity index (χ1) is 8.97. The SMILES string of the molecule is Cc1nc(-c2ccc(C(C)C)cc2)sc1CC(=O)O. The summed E-state index contributed by atoms with van der Waals surface area (Å²) >= 11 is 1.46. The van der Waals surface area contributed by atoms with Crippen LogP contribution in [0.5, 0.6) is 0 Å². The number of nitrogens with zero attached hydrogens (tertiary/aromatic N) is 1. The van der Waals surface area contributed by atoms with Crippen molar-refractivity contribution in [2.24, 2.45) is 0 Å². The minimum Gasteiger partial charge on any atom is -0.481 e. The highest BCUT2D eigenvalue weighted by Gasteiger charge is 2.12. The van der Waals surface area contributed by atoms with Crippen LogP contribution in [0.1, 0.15) is 35.9 Å². The molecule has 3 nitrogen and oxygen atoms in total. The van der Waals surface area contributed by atoms with E-state index in [4.69, 9.17) is 5.11 Å². The molecule has 2 aromatic rings. The predicted octanol–water partition coefficient (Wildman–Crippen LogP) is 3.87. The zero-order valence-corrected chi connectivity index (χ0v) is 12.1. The highest BCUT2D eigenvalue weighted by atomic mass is 32.1. The molecule has 0 aliphatic rings. The molecule has 19 heavy (non-hydrogen) atoms. The summed E-state index contributed by atoms with van der Waals surface area (Å²) in [6.07, 6.45) is 0.0492. The topological polar surface area (TPSA) is 50.2 Å². The van der Waals surface area contributed by atoms with E-state index in [9.17, 15) is 4.79 Å². The highest BCUT2D eigenvalue weighted by Crippen LogP contribution is 2.29. The van der Waals surface area contributed by atoms with Crippen LogP contribution in [-0.4, -0.2) is 16.1 Å². The van der Waals surface area contributed by atoms with Crippen molar-refractivity contribution in [3.63, 3.8) is 0 Å². The molecule has 0 amide bonds. The largest absolute Gasteiger partial charge is 0.481 e. The summed E-state index contributed by atoms with van der Waals surface area (Å²) in [7, 11) is 0. The molecule has 100 valence electrons. The maximum atomic E-state index is 10.8. The van der Waals surface area contributed by atoms with Crippen LogP contribution in [0, 0.1) is 6.92 Å². The minimum atomic E-state index is -0.812. The number of hydrogen-bond acceptors (Lipinski definition) is 3. The molecular formula is C15H17NO2S. The highest BCUT2D eigenvalue weighted by molar-refractivity contribution is 7.15. The second-order valence-corrected chi connectivity index (χ2v) is 5.96. The van der Waals surface area contributed by atoms with Crippen LogP contribution < -0.4 is 0 Å².